The van der Waals surface area contributed by atoms with Gasteiger partial charge in [-0.15, -0.1) is 0 Å². The number of hydrogen-bond acceptors (Lipinski definition) is 5. The van der Waals surface area contributed by atoms with Crippen molar-refractivity contribution in [1.82, 2.24) is 19.9 Å². The van der Waals surface area contributed by atoms with Gasteiger partial charge in [-0.2, -0.15) is 0 Å². The Bertz CT molecular complexity index is 3280. The molecule has 0 saturated carbocycles. The van der Waals surface area contributed by atoms with Gasteiger partial charge in [-0.05, 0) is 59.7 Å². The molecule has 0 N–H and O–H groups in total. The molecule has 0 bridgehead atoms. The molecular formula is C56H37N5. The molecule has 5 nitrogen and oxygen atoms in total. The fraction of sp³-hybridized carbons (Fsp3) is 0. The highest BCUT2D eigenvalue weighted by Gasteiger charge is 2.21. The number of anilines is 3. The molecule has 0 aliphatic carbocycles. The Morgan fingerprint density at radius 3 is 1.48 bits per heavy atom. The summed E-state index contributed by atoms with van der Waals surface area (Å²) >= 11 is 0. The molecule has 0 aliphatic heterocycles. The summed E-state index contributed by atoms with van der Waals surface area (Å²) in [6, 6.07) is 75.8. The smallest absolute Gasteiger partial charge is 0.160 e. The number of aromatic nitrogens is 4. The minimum atomic E-state index is 0.677. The van der Waals surface area contributed by atoms with Crippen LogP contribution < -0.4 is 4.90 Å². The number of pyridine rings is 2. The Balaban J connectivity index is 1.06. The largest absolute Gasteiger partial charge is 0.310 e. The lowest BCUT2D eigenvalue weighted by atomic mass is 9.96. The quantitative estimate of drug-likeness (QED) is 0.144. The van der Waals surface area contributed by atoms with Gasteiger partial charge in [-0.25, -0.2) is 15.0 Å². The van der Waals surface area contributed by atoms with Gasteiger partial charge in [0.2, 0.25) is 0 Å². The maximum Gasteiger partial charge on any atom is 0.160 e. The first-order valence-corrected chi connectivity index (χ1v) is 20.5. The third-order valence-electron chi connectivity index (χ3n) is 11.3. The lowest BCUT2D eigenvalue weighted by Gasteiger charge is -2.27. The summed E-state index contributed by atoms with van der Waals surface area (Å²) in [4.78, 5) is 23.0. The van der Waals surface area contributed by atoms with Crippen LogP contribution in [0.25, 0.3) is 88.9 Å². The molecule has 0 atom stereocenters. The summed E-state index contributed by atoms with van der Waals surface area (Å²) in [7, 11) is 0. The number of hydrogen-bond donors (Lipinski definition) is 0. The summed E-state index contributed by atoms with van der Waals surface area (Å²) in [5.41, 5.74) is 13.9. The highest BCUT2D eigenvalue weighted by molar-refractivity contribution is 6.25. The van der Waals surface area contributed by atoms with E-state index in [1.165, 1.54) is 5.56 Å². The van der Waals surface area contributed by atoms with E-state index in [1.54, 1.807) is 0 Å². The predicted octanol–water partition coefficient (Wildman–Crippen LogP) is 14.5. The number of fused-ring (bicyclic) bond motifs is 5. The van der Waals surface area contributed by atoms with E-state index in [0.29, 0.717) is 5.82 Å². The molecule has 5 heteroatoms. The molecule has 8 aromatic carbocycles. The fourth-order valence-electron chi connectivity index (χ4n) is 8.36. The van der Waals surface area contributed by atoms with Gasteiger partial charge in [0.15, 0.2) is 5.82 Å². The van der Waals surface area contributed by atoms with Gasteiger partial charge in [-0.1, -0.05) is 170 Å². The molecule has 3 aromatic heterocycles. The minimum Gasteiger partial charge on any atom is -0.310 e. The Hall–Kier alpha value is -8.28. The first-order chi connectivity index (χ1) is 30.2. The maximum atomic E-state index is 5.46. The average Bonchev–Trinajstić information content (AvgIpc) is 3.35. The van der Waals surface area contributed by atoms with Crippen LogP contribution in [0.15, 0.2) is 225 Å². The van der Waals surface area contributed by atoms with Crippen molar-refractivity contribution in [2.24, 2.45) is 0 Å². The molecule has 11 rings (SSSR count). The van der Waals surface area contributed by atoms with Crippen LogP contribution in [0, 0.1) is 0 Å². The molecule has 61 heavy (non-hydrogen) atoms. The van der Waals surface area contributed by atoms with Crippen LogP contribution in [-0.4, -0.2) is 19.9 Å². The fourth-order valence-corrected chi connectivity index (χ4v) is 8.36. The molecule has 0 radical (unpaired) electrons. The van der Waals surface area contributed by atoms with Crippen LogP contribution in [0.2, 0.25) is 0 Å². The normalized spacial score (nSPS) is 11.3. The third-order valence-corrected chi connectivity index (χ3v) is 11.3. The van der Waals surface area contributed by atoms with Crippen LogP contribution >= 0.6 is 0 Å². The highest BCUT2D eigenvalue weighted by atomic mass is 15.1. The number of rotatable bonds is 8. The third kappa shape index (κ3) is 6.74. The Labute approximate surface area is 354 Å². The topological polar surface area (TPSA) is 54.8 Å². The van der Waals surface area contributed by atoms with Gasteiger partial charge >= 0.3 is 0 Å². The molecule has 0 aliphatic rings. The standard InChI is InChI=1S/C56H37N5/c1-5-16-38(17-6-1)39-28-34-43(35-29-39)56-59-50(40-18-7-2-8-19-40)36-51(60-56)41-30-32-42(33-31-41)55-47-37-57-48-25-14-13-24-46(48)53(47)54-49(58-55)26-15-27-52(54)61(44-20-9-3-10-21-44)45-22-11-4-12-23-45/h1-37H. The Kier molecular flexibility index (Phi) is 9.10. The maximum absolute atomic E-state index is 5.46. The second-order valence-corrected chi connectivity index (χ2v) is 15.1. The van der Waals surface area contributed by atoms with E-state index in [1.807, 2.05) is 36.5 Å². The second-order valence-electron chi connectivity index (χ2n) is 15.1. The van der Waals surface area contributed by atoms with E-state index in [0.717, 1.165) is 94.5 Å². The van der Waals surface area contributed by atoms with Gasteiger partial charge in [0.05, 0.1) is 33.8 Å². The van der Waals surface area contributed by atoms with E-state index in [4.69, 9.17) is 19.9 Å². The highest BCUT2D eigenvalue weighted by Crippen LogP contribution is 2.44. The molecule has 0 saturated heterocycles. The molecule has 286 valence electrons. The van der Waals surface area contributed by atoms with Crippen molar-refractivity contribution in [3.8, 4) is 56.3 Å². The van der Waals surface area contributed by atoms with Crippen molar-refractivity contribution in [2.75, 3.05) is 4.90 Å². The van der Waals surface area contributed by atoms with Crippen LogP contribution in [0.5, 0.6) is 0 Å². The van der Waals surface area contributed by atoms with Crippen LogP contribution in [0.4, 0.5) is 17.1 Å². The SMILES string of the molecule is c1ccc(-c2ccc(-c3nc(-c4ccccc4)cc(-c4ccc(-c5nc6cccc(N(c7ccccc7)c7ccccc7)c6c6c5cnc5ccccc56)cc4)n3)cc2)cc1. The van der Waals surface area contributed by atoms with Crippen LogP contribution in [0.1, 0.15) is 0 Å². The first-order valence-electron chi connectivity index (χ1n) is 20.5. The van der Waals surface area contributed by atoms with E-state index in [9.17, 15) is 0 Å². The van der Waals surface area contributed by atoms with Crippen molar-refractivity contribution in [3.05, 3.63) is 225 Å². The van der Waals surface area contributed by atoms with Gasteiger partial charge in [-0.3, -0.25) is 4.98 Å². The zero-order chi connectivity index (χ0) is 40.5. The van der Waals surface area contributed by atoms with Crippen molar-refractivity contribution >= 4 is 49.6 Å². The summed E-state index contributed by atoms with van der Waals surface area (Å²) in [6.07, 6.45) is 1.99. The zero-order valence-electron chi connectivity index (χ0n) is 33.1. The predicted molar refractivity (Wildman–Crippen MR) is 252 cm³/mol. The first kappa shape index (κ1) is 35.8. The van der Waals surface area contributed by atoms with Crippen LogP contribution in [-0.2, 0) is 0 Å². The number of para-hydroxylation sites is 3. The molecule has 11 aromatic rings. The Morgan fingerprint density at radius 2 is 0.820 bits per heavy atom. The van der Waals surface area contributed by atoms with Gasteiger partial charge < -0.3 is 4.90 Å². The molecule has 0 amide bonds. The number of nitrogens with zero attached hydrogens (tertiary/aromatic N) is 5. The van der Waals surface area contributed by atoms with E-state index in [2.05, 4.69) is 193 Å². The summed E-state index contributed by atoms with van der Waals surface area (Å²) in [5, 5.41) is 4.26. The zero-order valence-corrected chi connectivity index (χ0v) is 33.1. The summed E-state index contributed by atoms with van der Waals surface area (Å²) in [6.45, 7) is 0. The summed E-state index contributed by atoms with van der Waals surface area (Å²) < 4.78 is 0. The van der Waals surface area contributed by atoms with Crippen molar-refractivity contribution in [3.63, 3.8) is 0 Å². The second kappa shape index (κ2) is 15.5. The van der Waals surface area contributed by atoms with Crippen molar-refractivity contribution < 1.29 is 0 Å². The molecule has 3 heterocycles. The van der Waals surface area contributed by atoms with E-state index >= 15 is 0 Å². The van der Waals surface area contributed by atoms with Crippen molar-refractivity contribution in [1.29, 1.82) is 0 Å². The van der Waals surface area contributed by atoms with Crippen molar-refractivity contribution in [2.45, 2.75) is 0 Å². The van der Waals surface area contributed by atoms with E-state index in [-0.39, 0.29) is 0 Å². The number of benzene rings is 8. The molecule has 0 spiro atoms. The van der Waals surface area contributed by atoms with Gasteiger partial charge in [0, 0.05) is 61.4 Å². The monoisotopic (exact) mass is 779 g/mol. The van der Waals surface area contributed by atoms with Crippen LogP contribution in [0.3, 0.4) is 0 Å². The van der Waals surface area contributed by atoms with Gasteiger partial charge in [0.1, 0.15) is 0 Å². The lowest BCUT2D eigenvalue weighted by Crippen LogP contribution is -2.10. The molecular weight excluding hydrogens is 743 g/mol. The molecule has 0 fully saturated rings. The lowest BCUT2D eigenvalue weighted by molar-refractivity contribution is 1.18. The average molecular weight is 780 g/mol. The minimum absolute atomic E-state index is 0.677. The molecule has 0 unspecified atom stereocenters. The van der Waals surface area contributed by atoms with Gasteiger partial charge in [0.25, 0.3) is 0 Å². The van der Waals surface area contributed by atoms with E-state index < -0.39 is 0 Å². The Morgan fingerprint density at radius 1 is 0.328 bits per heavy atom. The summed E-state index contributed by atoms with van der Waals surface area (Å²) in [5.74, 6) is 0.677.